The fraction of sp³-hybridized carbons (Fsp3) is 0.250. The zero-order valence-electron chi connectivity index (χ0n) is 16.1. The Bertz CT molecular complexity index is 949. The normalized spacial score (nSPS) is 11.0. The molecule has 1 aromatic heterocycles. The van der Waals surface area contributed by atoms with Crippen LogP contribution in [0.25, 0.3) is 10.9 Å². The van der Waals surface area contributed by atoms with E-state index in [4.69, 9.17) is 9.47 Å². The highest BCUT2D eigenvalue weighted by molar-refractivity contribution is 5.81. The lowest BCUT2D eigenvalue weighted by Gasteiger charge is -2.08. The molecule has 144 valence electrons. The molecule has 28 heavy (non-hydrogen) atoms. The summed E-state index contributed by atoms with van der Waals surface area (Å²) < 4.78 is 10.8. The Labute approximate surface area is 165 Å². The first-order chi connectivity index (χ1) is 13.7. The summed E-state index contributed by atoms with van der Waals surface area (Å²) in [6.45, 7) is 2.65. The van der Waals surface area contributed by atoms with Crippen molar-refractivity contribution >= 4 is 16.9 Å². The molecule has 0 unspecified atom stereocenters. The van der Waals surface area contributed by atoms with Crippen LogP contribution in [0.2, 0.25) is 0 Å². The highest BCUT2D eigenvalue weighted by Gasteiger charge is 2.01. The number of aryl methyl sites for hydroxylation is 1. The lowest BCUT2D eigenvalue weighted by atomic mass is 10.1. The third kappa shape index (κ3) is 5.95. The molecule has 0 N–H and O–H groups in total. The van der Waals surface area contributed by atoms with Crippen molar-refractivity contribution in [1.82, 2.24) is 4.98 Å². The smallest absolute Gasteiger partial charge is 0.330 e. The molecule has 3 aromatic rings. The van der Waals surface area contributed by atoms with Gasteiger partial charge >= 0.3 is 5.97 Å². The van der Waals surface area contributed by atoms with Gasteiger partial charge in [0.15, 0.2) is 0 Å². The average Bonchev–Trinajstić information content (AvgIpc) is 2.72. The quantitative estimate of drug-likeness (QED) is 0.291. The van der Waals surface area contributed by atoms with Gasteiger partial charge in [0, 0.05) is 11.5 Å². The summed E-state index contributed by atoms with van der Waals surface area (Å²) in [4.78, 5) is 15.9. The zero-order chi connectivity index (χ0) is 19.6. The lowest BCUT2D eigenvalue weighted by molar-refractivity contribution is -0.137. The summed E-state index contributed by atoms with van der Waals surface area (Å²) in [6, 6.07) is 20.3. The number of aromatic nitrogens is 1. The molecule has 0 radical (unpaired) electrons. The van der Waals surface area contributed by atoms with Crippen molar-refractivity contribution in [2.24, 2.45) is 0 Å². The van der Waals surface area contributed by atoms with E-state index in [2.05, 4.69) is 29.2 Å². The first kappa shape index (κ1) is 19.6. The van der Waals surface area contributed by atoms with Gasteiger partial charge in [-0.3, -0.25) is 0 Å². The van der Waals surface area contributed by atoms with Crippen LogP contribution in [-0.2, 0) is 22.6 Å². The van der Waals surface area contributed by atoms with Gasteiger partial charge in [-0.15, -0.1) is 0 Å². The topological polar surface area (TPSA) is 48.4 Å². The molecule has 2 aromatic carbocycles. The van der Waals surface area contributed by atoms with Gasteiger partial charge in [-0.1, -0.05) is 42.5 Å². The Hall–Kier alpha value is -3.14. The van der Waals surface area contributed by atoms with E-state index in [1.807, 2.05) is 42.5 Å². The Morgan fingerprint density at radius 2 is 1.96 bits per heavy atom. The zero-order valence-corrected chi connectivity index (χ0v) is 16.1. The summed E-state index contributed by atoms with van der Waals surface area (Å²) in [7, 11) is 0. The van der Waals surface area contributed by atoms with Crippen LogP contribution in [0.4, 0.5) is 0 Å². The van der Waals surface area contributed by atoms with Gasteiger partial charge in [-0.05, 0) is 56.0 Å². The second-order valence-corrected chi connectivity index (χ2v) is 6.48. The van der Waals surface area contributed by atoms with Crippen LogP contribution in [0.5, 0.6) is 5.75 Å². The van der Waals surface area contributed by atoms with E-state index in [1.54, 1.807) is 6.92 Å². The van der Waals surface area contributed by atoms with Crippen molar-refractivity contribution in [1.29, 1.82) is 0 Å². The Morgan fingerprint density at radius 1 is 1.07 bits per heavy atom. The van der Waals surface area contributed by atoms with E-state index in [0.29, 0.717) is 13.2 Å². The van der Waals surface area contributed by atoms with E-state index in [9.17, 15) is 4.79 Å². The maximum Gasteiger partial charge on any atom is 0.330 e. The number of fused-ring (bicyclic) bond motifs is 1. The largest absolute Gasteiger partial charge is 0.487 e. The van der Waals surface area contributed by atoms with Gasteiger partial charge in [0.1, 0.15) is 12.4 Å². The van der Waals surface area contributed by atoms with Crippen LogP contribution >= 0.6 is 0 Å². The molecular formula is C24H25NO3. The number of carbonyl (C=O) groups is 1. The summed E-state index contributed by atoms with van der Waals surface area (Å²) in [5, 5.41) is 1.13. The highest BCUT2D eigenvalue weighted by atomic mass is 16.5. The van der Waals surface area contributed by atoms with Crippen LogP contribution in [0.1, 0.15) is 31.0 Å². The molecule has 0 fully saturated rings. The molecule has 4 heteroatoms. The monoisotopic (exact) mass is 375 g/mol. The molecule has 3 rings (SSSR count). The number of ether oxygens (including phenoxy) is 2. The maximum atomic E-state index is 11.3. The molecule has 0 saturated heterocycles. The molecule has 0 atom stereocenters. The van der Waals surface area contributed by atoms with Crippen molar-refractivity contribution in [3.63, 3.8) is 0 Å². The SMILES string of the molecule is CCOC(=O)/C=C/CCCc1cccc(OCc2ccc3ccccc3n2)c1. The molecule has 0 aliphatic rings. The van der Waals surface area contributed by atoms with Gasteiger partial charge in [-0.2, -0.15) is 0 Å². The number of para-hydroxylation sites is 1. The maximum absolute atomic E-state index is 11.3. The minimum absolute atomic E-state index is 0.278. The van der Waals surface area contributed by atoms with Crippen LogP contribution in [-0.4, -0.2) is 17.6 Å². The fourth-order valence-corrected chi connectivity index (χ4v) is 2.93. The minimum atomic E-state index is -0.278. The number of unbranched alkanes of at least 4 members (excludes halogenated alkanes) is 1. The molecular weight excluding hydrogens is 350 g/mol. The summed E-state index contributed by atoms with van der Waals surface area (Å²) in [5.41, 5.74) is 3.11. The fourth-order valence-electron chi connectivity index (χ4n) is 2.93. The van der Waals surface area contributed by atoms with E-state index < -0.39 is 0 Å². The molecule has 4 nitrogen and oxygen atoms in total. The molecule has 0 amide bonds. The van der Waals surface area contributed by atoms with Crippen LogP contribution < -0.4 is 4.74 Å². The Kier molecular flexibility index (Phi) is 7.19. The van der Waals surface area contributed by atoms with E-state index in [-0.39, 0.29) is 5.97 Å². The van der Waals surface area contributed by atoms with Crippen LogP contribution in [0.3, 0.4) is 0 Å². The number of benzene rings is 2. The predicted molar refractivity (Wildman–Crippen MR) is 111 cm³/mol. The van der Waals surface area contributed by atoms with E-state index in [0.717, 1.165) is 41.6 Å². The molecule has 0 saturated carbocycles. The molecule has 0 aliphatic carbocycles. The number of carbonyl (C=O) groups excluding carboxylic acids is 1. The first-order valence-corrected chi connectivity index (χ1v) is 9.64. The van der Waals surface area contributed by atoms with Crippen LogP contribution in [0, 0.1) is 0 Å². The van der Waals surface area contributed by atoms with Crippen molar-refractivity contribution < 1.29 is 14.3 Å². The van der Waals surface area contributed by atoms with Gasteiger partial charge in [-0.25, -0.2) is 9.78 Å². The first-order valence-electron chi connectivity index (χ1n) is 9.64. The number of rotatable bonds is 9. The number of hydrogen-bond donors (Lipinski definition) is 0. The average molecular weight is 375 g/mol. The second-order valence-electron chi connectivity index (χ2n) is 6.48. The predicted octanol–water partition coefficient (Wildman–Crippen LogP) is 5.26. The molecule has 0 bridgehead atoms. The van der Waals surface area contributed by atoms with E-state index >= 15 is 0 Å². The van der Waals surface area contributed by atoms with E-state index in [1.165, 1.54) is 11.6 Å². The Morgan fingerprint density at radius 3 is 2.86 bits per heavy atom. The van der Waals surface area contributed by atoms with Gasteiger partial charge in [0.25, 0.3) is 0 Å². The van der Waals surface area contributed by atoms with Crippen molar-refractivity contribution in [2.75, 3.05) is 6.61 Å². The highest BCUT2D eigenvalue weighted by Crippen LogP contribution is 2.18. The summed E-state index contributed by atoms with van der Waals surface area (Å²) in [6.07, 6.45) is 6.10. The molecule has 0 spiro atoms. The third-order valence-corrected chi connectivity index (χ3v) is 4.32. The van der Waals surface area contributed by atoms with Crippen molar-refractivity contribution in [3.8, 4) is 5.75 Å². The number of allylic oxidation sites excluding steroid dienone is 1. The summed E-state index contributed by atoms with van der Waals surface area (Å²) in [5.74, 6) is 0.565. The van der Waals surface area contributed by atoms with Crippen molar-refractivity contribution in [2.45, 2.75) is 32.8 Å². The van der Waals surface area contributed by atoms with Gasteiger partial charge in [0.2, 0.25) is 0 Å². The lowest BCUT2D eigenvalue weighted by Crippen LogP contribution is -1.99. The van der Waals surface area contributed by atoms with Gasteiger partial charge in [0.05, 0.1) is 17.8 Å². The Balaban J connectivity index is 1.49. The van der Waals surface area contributed by atoms with Gasteiger partial charge < -0.3 is 9.47 Å². The van der Waals surface area contributed by atoms with Crippen molar-refractivity contribution in [3.05, 3.63) is 84.1 Å². The van der Waals surface area contributed by atoms with Crippen LogP contribution in [0.15, 0.2) is 72.8 Å². The number of pyridine rings is 1. The number of hydrogen-bond acceptors (Lipinski definition) is 4. The number of esters is 1. The minimum Gasteiger partial charge on any atom is -0.487 e. The molecule has 1 heterocycles. The summed E-state index contributed by atoms with van der Waals surface area (Å²) >= 11 is 0. The number of nitrogens with zero attached hydrogens (tertiary/aromatic N) is 1. The standard InChI is InChI=1S/C24H25NO3/c1-2-27-24(26)14-5-3-4-9-19-10-8-12-22(17-19)28-18-21-16-15-20-11-6-7-13-23(20)25-21/h5-8,10-17H,2-4,9,18H2,1H3/b14-5+. The second kappa shape index (κ2) is 10.3. The third-order valence-electron chi connectivity index (χ3n) is 4.32. The molecule has 0 aliphatic heterocycles.